The Morgan fingerprint density at radius 3 is 2.38 bits per heavy atom. The smallest absolute Gasteiger partial charge is 0.326 e. The highest BCUT2D eigenvalue weighted by Gasteiger charge is 2.33. The Morgan fingerprint density at radius 2 is 1.77 bits per heavy atom. The second-order valence-corrected chi connectivity index (χ2v) is 6.94. The van der Waals surface area contributed by atoms with Gasteiger partial charge in [0.2, 0.25) is 11.8 Å². The summed E-state index contributed by atoms with van der Waals surface area (Å²) in [4.78, 5) is 42.8. The molecule has 1 aromatic carbocycles. The Hall–Kier alpha value is -2.57. The van der Waals surface area contributed by atoms with Crippen LogP contribution >= 0.6 is 0 Å². The van der Waals surface area contributed by atoms with Crippen molar-refractivity contribution in [1.82, 2.24) is 14.7 Å². The van der Waals surface area contributed by atoms with Crippen LogP contribution in [0.4, 0.5) is 10.5 Å². The van der Waals surface area contributed by atoms with E-state index in [1.165, 1.54) is 21.1 Å². The first-order valence-electron chi connectivity index (χ1n) is 9.11. The van der Waals surface area contributed by atoms with Gasteiger partial charge in [-0.1, -0.05) is 18.2 Å². The summed E-state index contributed by atoms with van der Waals surface area (Å²) >= 11 is 0. The van der Waals surface area contributed by atoms with Crippen LogP contribution in [0.5, 0.6) is 0 Å². The monoisotopic (exact) mass is 358 g/mol. The fraction of sp³-hybridized carbons (Fsp3) is 0.526. The van der Waals surface area contributed by atoms with Crippen LogP contribution in [0, 0.1) is 6.92 Å². The molecule has 7 heteroatoms. The molecule has 1 aromatic rings. The summed E-state index contributed by atoms with van der Waals surface area (Å²) in [6, 6.07) is 8.03. The molecule has 2 aliphatic rings. The molecule has 2 aliphatic heterocycles. The van der Waals surface area contributed by atoms with Gasteiger partial charge in [0.1, 0.15) is 6.54 Å². The number of urea groups is 1. The lowest BCUT2D eigenvalue weighted by molar-refractivity contribution is -0.132. The molecule has 2 fully saturated rings. The minimum atomic E-state index is -0.269. The van der Waals surface area contributed by atoms with Crippen LogP contribution in [0.3, 0.4) is 0 Å². The number of nitrogens with zero attached hydrogens (tertiary/aromatic N) is 4. The average Bonchev–Trinajstić information content (AvgIpc) is 2.88. The van der Waals surface area contributed by atoms with E-state index in [1.807, 2.05) is 17.0 Å². The van der Waals surface area contributed by atoms with E-state index < -0.39 is 0 Å². The largest absolute Gasteiger partial charge is 0.368 e. The summed E-state index contributed by atoms with van der Waals surface area (Å²) in [6.45, 7) is 5.61. The maximum Gasteiger partial charge on any atom is 0.326 e. The summed E-state index contributed by atoms with van der Waals surface area (Å²) in [6.07, 6.45) is 0.882. The molecule has 2 saturated heterocycles. The third kappa shape index (κ3) is 3.81. The molecule has 2 heterocycles. The standard InChI is InChI=1S/C19H26N4O3/c1-15-6-3-4-7-16(15)21-10-12-22(13-11-21)17(24)8-5-9-23-18(25)14-20(2)19(23)26/h3-4,6-7H,5,8-14H2,1-2H3. The third-order valence-corrected chi connectivity index (χ3v) is 5.09. The van der Waals surface area contributed by atoms with Gasteiger partial charge in [-0.25, -0.2) is 4.79 Å². The molecule has 26 heavy (non-hydrogen) atoms. The van der Waals surface area contributed by atoms with Crippen molar-refractivity contribution < 1.29 is 14.4 Å². The van der Waals surface area contributed by atoms with Gasteiger partial charge in [-0.15, -0.1) is 0 Å². The molecule has 0 aliphatic carbocycles. The summed E-state index contributed by atoms with van der Waals surface area (Å²) in [5, 5.41) is 0. The van der Waals surface area contributed by atoms with Gasteiger partial charge in [0, 0.05) is 51.9 Å². The molecular formula is C19H26N4O3. The number of benzene rings is 1. The van der Waals surface area contributed by atoms with Crippen molar-refractivity contribution >= 4 is 23.5 Å². The molecule has 7 nitrogen and oxygen atoms in total. The first-order chi connectivity index (χ1) is 12.5. The summed E-state index contributed by atoms with van der Waals surface area (Å²) in [5.41, 5.74) is 2.48. The fourth-order valence-corrected chi connectivity index (χ4v) is 3.55. The zero-order valence-electron chi connectivity index (χ0n) is 15.5. The van der Waals surface area contributed by atoms with Gasteiger partial charge in [-0.3, -0.25) is 14.5 Å². The number of imide groups is 1. The Kier molecular flexibility index (Phi) is 5.44. The van der Waals surface area contributed by atoms with Gasteiger partial charge in [-0.2, -0.15) is 0 Å². The molecule has 0 N–H and O–H groups in total. The van der Waals surface area contributed by atoms with E-state index in [0.29, 0.717) is 32.5 Å². The number of carbonyl (C=O) groups excluding carboxylic acids is 3. The van der Waals surface area contributed by atoms with Crippen LogP contribution in [-0.4, -0.2) is 78.9 Å². The predicted molar refractivity (Wildman–Crippen MR) is 98.9 cm³/mol. The predicted octanol–water partition coefficient (Wildman–Crippen LogP) is 1.32. The lowest BCUT2D eigenvalue weighted by Crippen LogP contribution is -2.49. The average molecular weight is 358 g/mol. The second kappa shape index (κ2) is 7.76. The Balaban J connectivity index is 1.43. The highest BCUT2D eigenvalue weighted by molar-refractivity contribution is 6.01. The van der Waals surface area contributed by atoms with E-state index in [9.17, 15) is 14.4 Å². The number of hydrogen-bond donors (Lipinski definition) is 0. The number of carbonyl (C=O) groups is 3. The quantitative estimate of drug-likeness (QED) is 0.745. The Bertz CT molecular complexity index is 698. The third-order valence-electron chi connectivity index (χ3n) is 5.09. The zero-order valence-corrected chi connectivity index (χ0v) is 15.5. The number of piperazine rings is 1. The van der Waals surface area contributed by atoms with Crippen molar-refractivity contribution in [2.45, 2.75) is 19.8 Å². The molecule has 0 unspecified atom stereocenters. The molecule has 3 rings (SSSR count). The van der Waals surface area contributed by atoms with E-state index in [1.54, 1.807) is 7.05 Å². The Morgan fingerprint density at radius 1 is 1.08 bits per heavy atom. The molecule has 0 spiro atoms. The molecule has 0 bridgehead atoms. The van der Waals surface area contributed by atoms with Gasteiger partial charge in [0.25, 0.3) is 0 Å². The van der Waals surface area contributed by atoms with E-state index in [4.69, 9.17) is 0 Å². The summed E-state index contributed by atoms with van der Waals surface area (Å²) in [7, 11) is 1.61. The van der Waals surface area contributed by atoms with Crippen LogP contribution in [0.1, 0.15) is 18.4 Å². The van der Waals surface area contributed by atoms with Gasteiger partial charge in [0.05, 0.1) is 0 Å². The minimum absolute atomic E-state index is 0.0990. The maximum atomic E-state index is 12.4. The van der Waals surface area contributed by atoms with Gasteiger partial charge in [0.15, 0.2) is 0 Å². The molecular weight excluding hydrogens is 332 g/mol. The molecule has 140 valence electrons. The van der Waals surface area contributed by atoms with E-state index in [2.05, 4.69) is 24.0 Å². The second-order valence-electron chi connectivity index (χ2n) is 6.94. The fourth-order valence-electron chi connectivity index (χ4n) is 3.55. The van der Waals surface area contributed by atoms with Crippen molar-refractivity contribution in [2.24, 2.45) is 0 Å². The Labute approximate surface area is 154 Å². The van der Waals surface area contributed by atoms with Crippen molar-refractivity contribution in [3.05, 3.63) is 29.8 Å². The minimum Gasteiger partial charge on any atom is -0.368 e. The summed E-state index contributed by atoms with van der Waals surface area (Å²) in [5.74, 6) is -0.0846. The highest BCUT2D eigenvalue weighted by Crippen LogP contribution is 2.21. The number of amides is 4. The van der Waals surface area contributed by atoms with Crippen LogP contribution in [0.25, 0.3) is 0 Å². The normalized spacial score (nSPS) is 18.1. The van der Waals surface area contributed by atoms with E-state index in [0.717, 1.165) is 13.1 Å². The van der Waals surface area contributed by atoms with Crippen molar-refractivity contribution in [3.8, 4) is 0 Å². The van der Waals surface area contributed by atoms with Crippen molar-refractivity contribution in [1.29, 1.82) is 0 Å². The highest BCUT2D eigenvalue weighted by atomic mass is 16.2. The molecule has 0 aromatic heterocycles. The molecule has 4 amide bonds. The first kappa shape index (κ1) is 18.2. The van der Waals surface area contributed by atoms with Crippen molar-refractivity contribution in [3.63, 3.8) is 0 Å². The number of hydrogen-bond acceptors (Lipinski definition) is 4. The van der Waals surface area contributed by atoms with Crippen LogP contribution < -0.4 is 4.90 Å². The lowest BCUT2D eigenvalue weighted by atomic mass is 10.1. The molecule has 0 saturated carbocycles. The van der Waals surface area contributed by atoms with Crippen LogP contribution in [-0.2, 0) is 9.59 Å². The van der Waals surface area contributed by atoms with E-state index in [-0.39, 0.29) is 24.4 Å². The lowest BCUT2D eigenvalue weighted by Gasteiger charge is -2.37. The topological polar surface area (TPSA) is 64.2 Å². The molecule has 0 radical (unpaired) electrons. The zero-order chi connectivity index (χ0) is 18.7. The van der Waals surface area contributed by atoms with E-state index >= 15 is 0 Å². The number of para-hydroxylation sites is 1. The van der Waals surface area contributed by atoms with Crippen molar-refractivity contribution in [2.75, 3.05) is 51.2 Å². The van der Waals surface area contributed by atoms with Gasteiger partial charge < -0.3 is 14.7 Å². The van der Waals surface area contributed by atoms with Gasteiger partial charge in [-0.05, 0) is 25.0 Å². The number of aryl methyl sites for hydroxylation is 1. The first-order valence-corrected chi connectivity index (χ1v) is 9.11. The van der Waals surface area contributed by atoms with Crippen LogP contribution in [0.15, 0.2) is 24.3 Å². The number of likely N-dealkylation sites (N-methyl/N-ethyl adjacent to an activating group) is 1. The maximum absolute atomic E-state index is 12.4. The number of rotatable bonds is 5. The van der Waals surface area contributed by atoms with Gasteiger partial charge >= 0.3 is 6.03 Å². The SMILES string of the molecule is Cc1ccccc1N1CCN(C(=O)CCCN2C(=O)CN(C)C2=O)CC1. The molecule has 0 atom stereocenters. The number of anilines is 1. The van der Waals surface area contributed by atoms with Crippen LogP contribution in [0.2, 0.25) is 0 Å². The summed E-state index contributed by atoms with van der Waals surface area (Å²) < 4.78 is 0.